The number of amides is 2. The average Bonchev–Trinajstić information content (AvgIpc) is 3.19. The van der Waals surface area contributed by atoms with Gasteiger partial charge in [-0.15, -0.1) is 0 Å². The number of nitrogens with one attached hydrogen (secondary N) is 2. The fourth-order valence-electron chi connectivity index (χ4n) is 8.83. The summed E-state index contributed by atoms with van der Waals surface area (Å²) in [6.45, 7) is 7.24. The number of phosphoric acid groups is 2. The van der Waals surface area contributed by atoms with Crippen molar-refractivity contribution in [3.8, 4) is 0 Å². The SMILES string of the molecule is CCCCCCC1C=CC(CC(=O)NCCC[N+](C)(C)CCCOP(=O)([O-])[O-])C(/C=C\CCCCCCCC(=O)NCCC[N+](C)(C)CC(O)COP(=O)([O-])[O-])C1CCCCCC.[Na+].[Na+]. The molecule has 0 radical (unpaired) electrons. The van der Waals surface area contributed by atoms with Gasteiger partial charge < -0.3 is 62.5 Å². The topological polar surface area (TPSA) is 223 Å². The second-order valence-electron chi connectivity index (χ2n) is 19.3. The Labute approximate surface area is 438 Å². The smallest absolute Gasteiger partial charge is 0.790 e. The van der Waals surface area contributed by atoms with Crippen molar-refractivity contribution < 1.29 is 121 Å². The van der Waals surface area contributed by atoms with Crippen molar-refractivity contribution in [1.82, 2.24) is 10.6 Å². The summed E-state index contributed by atoms with van der Waals surface area (Å²) >= 11 is 0. The molecule has 1 aliphatic carbocycles. The number of nitrogens with zero attached hydrogens (tertiary/aromatic N) is 2. The molecule has 1 aliphatic rings. The van der Waals surface area contributed by atoms with Gasteiger partial charge >= 0.3 is 59.1 Å². The Hall–Kier alpha value is 0.520. The number of allylic oxidation sites excluding steroid dienone is 4. The summed E-state index contributed by atoms with van der Waals surface area (Å²) in [5.41, 5.74) is 0. The molecule has 0 fully saturated rings. The number of aliphatic hydroxyl groups excluding tert-OH is 1. The fourth-order valence-corrected chi connectivity index (χ4v) is 9.54. The third-order valence-electron chi connectivity index (χ3n) is 12.3. The van der Waals surface area contributed by atoms with Crippen LogP contribution in [0, 0.1) is 23.7 Å². The molecule has 3 N–H and O–H groups in total. The molecule has 65 heavy (non-hydrogen) atoms. The molecule has 0 aromatic carbocycles. The van der Waals surface area contributed by atoms with Gasteiger partial charge in [-0.2, -0.15) is 0 Å². The molecule has 5 atom stereocenters. The quantitative estimate of drug-likeness (QED) is 0.0229. The van der Waals surface area contributed by atoms with E-state index in [1.807, 2.05) is 28.2 Å². The number of aliphatic hydroxyl groups is 1. The van der Waals surface area contributed by atoms with Gasteiger partial charge in [0.15, 0.2) is 0 Å². The van der Waals surface area contributed by atoms with Gasteiger partial charge in [-0.25, -0.2) is 0 Å². The number of hydrogen-bond donors (Lipinski definition) is 3. The normalized spacial score (nSPS) is 18.6. The van der Waals surface area contributed by atoms with E-state index in [2.05, 4.69) is 57.8 Å². The minimum Gasteiger partial charge on any atom is -0.790 e. The first-order chi connectivity index (χ1) is 29.7. The molecule has 0 aromatic rings. The maximum absolute atomic E-state index is 13.4. The van der Waals surface area contributed by atoms with E-state index in [0.717, 1.165) is 51.5 Å². The van der Waals surface area contributed by atoms with E-state index in [4.69, 9.17) is 0 Å². The Morgan fingerprint density at radius 1 is 0.677 bits per heavy atom. The Morgan fingerprint density at radius 3 is 1.82 bits per heavy atom. The van der Waals surface area contributed by atoms with Crippen LogP contribution in [0.1, 0.15) is 149 Å². The number of unbranched alkanes of at least 4 members (excludes halogenated alkanes) is 11. The van der Waals surface area contributed by atoms with Crippen molar-refractivity contribution in [2.45, 2.75) is 155 Å². The molecule has 0 aliphatic heterocycles. The van der Waals surface area contributed by atoms with E-state index in [9.17, 15) is 43.4 Å². The Bertz CT molecular complexity index is 1400. The van der Waals surface area contributed by atoms with Crippen molar-refractivity contribution in [2.24, 2.45) is 23.7 Å². The molecule has 370 valence electrons. The second-order valence-corrected chi connectivity index (χ2v) is 21.6. The van der Waals surface area contributed by atoms with Gasteiger partial charge in [0.05, 0.1) is 76.7 Å². The van der Waals surface area contributed by atoms with Crippen LogP contribution in [-0.2, 0) is 27.8 Å². The van der Waals surface area contributed by atoms with Gasteiger partial charge in [0, 0.05) is 45.2 Å². The van der Waals surface area contributed by atoms with Crippen LogP contribution in [0.5, 0.6) is 0 Å². The van der Waals surface area contributed by atoms with Crippen LogP contribution in [0.25, 0.3) is 0 Å². The molecule has 2 amide bonds. The Balaban J connectivity index is 0. The second kappa shape index (κ2) is 38.2. The summed E-state index contributed by atoms with van der Waals surface area (Å²) in [5.74, 6) is 1.61. The predicted molar refractivity (Wildman–Crippen MR) is 243 cm³/mol. The zero-order valence-corrected chi connectivity index (χ0v) is 47.8. The van der Waals surface area contributed by atoms with Crippen LogP contribution in [-0.4, -0.2) is 113 Å². The minimum absolute atomic E-state index is 0. The average molecular weight is 981 g/mol. The first-order valence-electron chi connectivity index (χ1n) is 24.2. The maximum atomic E-state index is 13.4. The van der Waals surface area contributed by atoms with Crippen LogP contribution < -0.4 is 89.3 Å². The van der Waals surface area contributed by atoms with Crippen LogP contribution in [0.3, 0.4) is 0 Å². The zero-order chi connectivity index (χ0) is 47.2. The summed E-state index contributed by atoms with van der Waals surface area (Å²) in [5, 5.41) is 16.2. The molecule has 0 saturated heterocycles. The van der Waals surface area contributed by atoms with Crippen LogP contribution >= 0.6 is 15.6 Å². The Morgan fingerprint density at radius 2 is 1.20 bits per heavy atom. The van der Waals surface area contributed by atoms with Gasteiger partial charge in [0.25, 0.3) is 0 Å². The number of phosphoric ester groups is 2. The van der Waals surface area contributed by atoms with Crippen molar-refractivity contribution >= 4 is 27.5 Å². The molecule has 5 unspecified atom stereocenters. The standard InChI is InChI=1S/C46H90N4O11P2.2Na/c1-7-9-11-18-25-40-29-30-41(37-46(53)48-32-22-33-49(3,4)35-24-36-60-62(54,55)56)44(43(40)26-19-12-10-8-2)27-20-16-14-13-15-17-21-28-45(52)47-31-23-34-50(5,6)38-42(51)39-61-63(57,58)59;;/h20,27,29-30,40-44,51H,7-19,21-26,28,31-39H2,1-6H3,(H4-2,47,48,52,53,54,55,56,57,58,59);;/q;2*+1/p-2/b27-20-;;. The van der Waals surface area contributed by atoms with Crippen LogP contribution in [0.4, 0.5) is 0 Å². The molecular weight excluding hydrogens is 892 g/mol. The third-order valence-corrected chi connectivity index (χ3v) is 13.3. The predicted octanol–water partition coefficient (Wildman–Crippen LogP) is -0.746. The molecule has 19 heteroatoms. The number of rotatable bonds is 39. The third kappa shape index (κ3) is 37.9. The van der Waals surface area contributed by atoms with Crippen molar-refractivity contribution in [3.63, 3.8) is 0 Å². The van der Waals surface area contributed by atoms with E-state index < -0.39 is 28.4 Å². The molecule has 0 spiro atoms. The van der Waals surface area contributed by atoms with Gasteiger partial charge in [-0.3, -0.25) is 9.59 Å². The number of likely N-dealkylation sites (N-methyl/N-ethyl adjacent to an activating group) is 1. The van der Waals surface area contributed by atoms with Crippen molar-refractivity contribution in [2.75, 3.05) is 80.7 Å². The van der Waals surface area contributed by atoms with E-state index >= 15 is 0 Å². The molecule has 1 rings (SSSR count). The monoisotopic (exact) mass is 981 g/mol. The van der Waals surface area contributed by atoms with Crippen LogP contribution in [0.15, 0.2) is 24.3 Å². The summed E-state index contributed by atoms with van der Waals surface area (Å²) in [7, 11) is -2.21. The van der Waals surface area contributed by atoms with Gasteiger partial charge in [0.2, 0.25) is 11.8 Å². The summed E-state index contributed by atoms with van der Waals surface area (Å²) < 4.78 is 31.0. The zero-order valence-electron chi connectivity index (χ0n) is 42.0. The molecule has 0 bridgehead atoms. The fraction of sp³-hybridized carbons (Fsp3) is 0.870. The summed E-state index contributed by atoms with van der Waals surface area (Å²) in [4.78, 5) is 68.6. The molecule has 0 heterocycles. The van der Waals surface area contributed by atoms with E-state index in [1.165, 1.54) is 64.2 Å². The van der Waals surface area contributed by atoms with E-state index in [0.29, 0.717) is 78.6 Å². The molecular formula is C46H88N4Na2O11P2. The Kier molecular flexibility index (Phi) is 39.8. The first-order valence-corrected chi connectivity index (χ1v) is 27.1. The van der Waals surface area contributed by atoms with Gasteiger partial charge in [-0.1, -0.05) is 109 Å². The number of carbonyl (C=O) groups excluding carboxylic acids is 2. The van der Waals surface area contributed by atoms with Gasteiger partial charge in [-0.05, 0) is 55.8 Å². The molecule has 15 nitrogen and oxygen atoms in total. The largest absolute Gasteiger partial charge is 1.00 e. The van der Waals surface area contributed by atoms with Crippen LogP contribution in [0.2, 0.25) is 0 Å². The van der Waals surface area contributed by atoms with Crippen molar-refractivity contribution in [1.29, 1.82) is 0 Å². The first kappa shape index (κ1) is 67.6. The van der Waals surface area contributed by atoms with E-state index in [1.54, 1.807) is 0 Å². The minimum atomic E-state index is -5.12. The molecule has 0 saturated carbocycles. The summed E-state index contributed by atoms with van der Waals surface area (Å²) in [6, 6.07) is 0. The molecule has 0 aromatic heterocycles. The number of hydrogen-bond acceptors (Lipinski definition) is 11. The number of quaternary nitrogens is 2. The summed E-state index contributed by atoms with van der Waals surface area (Å²) in [6.07, 6.45) is 29.7. The number of carbonyl (C=O) groups is 2. The van der Waals surface area contributed by atoms with Crippen molar-refractivity contribution in [3.05, 3.63) is 24.3 Å². The van der Waals surface area contributed by atoms with Gasteiger partial charge in [0.1, 0.15) is 12.6 Å². The van der Waals surface area contributed by atoms with E-state index in [-0.39, 0.29) is 90.0 Å². The maximum Gasteiger partial charge on any atom is 1.00 e.